The van der Waals surface area contributed by atoms with Crippen molar-refractivity contribution in [2.75, 3.05) is 13.2 Å². The molecule has 1 atom stereocenters. The van der Waals surface area contributed by atoms with E-state index in [2.05, 4.69) is 5.32 Å². The minimum atomic E-state index is -0.403. The molecule has 0 saturated heterocycles. The zero-order valence-corrected chi connectivity index (χ0v) is 9.22. The Labute approximate surface area is 94.3 Å². The number of nitrogens with one attached hydrogen (secondary N) is 1. The monoisotopic (exact) mass is 224 g/mol. The third kappa shape index (κ3) is 3.96. The van der Waals surface area contributed by atoms with Crippen LogP contribution >= 0.6 is 0 Å². The second-order valence-electron chi connectivity index (χ2n) is 3.85. The Kier molecular flexibility index (Phi) is 4.88. The number of non-ortho nitro benzene ring substituents is 1. The van der Waals surface area contributed by atoms with Crippen LogP contribution in [-0.2, 0) is 6.54 Å². The standard InChI is InChI=1S/C11H16N2O3/c1-9(8-14)6-12-7-10-3-2-4-11(5-10)13(15)16/h2-5,9,12,14H,6-8H2,1H3. The summed E-state index contributed by atoms with van der Waals surface area (Å²) in [4.78, 5) is 10.1. The number of nitro groups is 1. The van der Waals surface area contributed by atoms with Gasteiger partial charge in [0.15, 0.2) is 0 Å². The minimum absolute atomic E-state index is 0.106. The van der Waals surface area contributed by atoms with Crippen LogP contribution in [0.4, 0.5) is 5.69 Å². The lowest BCUT2D eigenvalue weighted by molar-refractivity contribution is -0.384. The van der Waals surface area contributed by atoms with Crippen LogP contribution in [0.3, 0.4) is 0 Å². The summed E-state index contributed by atoms with van der Waals surface area (Å²) in [5, 5.41) is 22.5. The Hall–Kier alpha value is -1.46. The van der Waals surface area contributed by atoms with Gasteiger partial charge in [-0.3, -0.25) is 10.1 Å². The summed E-state index contributed by atoms with van der Waals surface area (Å²) in [6, 6.07) is 6.53. The number of nitro benzene ring substituents is 1. The first-order valence-corrected chi connectivity index (χ1v) is 5.18. The Morgan fingerprint density at radius 1 is 1.56 bits per heavy atom. The van der Waals surface area contributed by atoms with Gasteiger partial charge in [-0.05, 0) is 11.5 Å². The maximum atomic E-state index is 10.5. The molecule has 1 unspecified atom stereocenters. The molecule has 1 rings (SSSR count). The van der Waals surface area contributed by atoms with Crippen LogP contribution in [0.1, 0.15) is 12.5 Å². The number of hydrogen-bond donors (Lipinski definition) is 2. The highest BCUT2D eigenvalue weighted by Crippen LogP contribution is 2.12. The van der Waals surface area contributed by atoms with Crippen LogP contribution in [0.5, 0.6) is 0 Å². The first-order chi connectivity index (χ1) is 7.63. The van der Waals surface area contributed by atoms with Crippen molar-refractivity contribution in [3.05, 3.63) is 39.9 Å². The predicted octanol–water partition coefficient (Wildman–Crippen LogP) is 1.31. The SMILES string of the molecule is CC(CO)CNCc1cccc([N+](=O)[O-])c1. The number of hydrogen-bond acceptors (Lipinski definition) is 4. The van der Waals surface area contributed by atoms with Crippen LogP contribution in [0.25, 0.3) is 0 Å². The largest absolute Gasteiger partial charge is 0.396 e. The van der Waals surface area contributed by atoms with Crippen molar-refractivity contribution >= 4 is 5.69 Å². The van der Waals surface area contributed by atoms with Crippen LogP contribution in [-0.4, -0.2) is 23.2 Å². The average molecular weight is 224 g/mol. The maximum absolute atomic E-state index is 10.5. The summed E-state index contributed by atoms with van der Waals surface area (Å²) in [7, 11) is 0. The highest BCUT2D eigenvalue weighted by atomic mass is 16.6. The highest BCUT2D eigenvalue weighted by Gasteiger charge is 2.05. The van der Waals surface area contributed by atoms with Gasteiger partial charge >= 0.3 is 0 Å². The van der Waals surface area contributed by atoms with E-state index in [9.17, 15) is 10.1 Å². The second kappa shape index (κ2) is 6.19. The number of aliphatic hydroxyl groups is 1. The Balaban J connectivity index is 2.48. The van der Waals surface area contributed by atoms with E-state index in [4.69, 9.17) is 5.11 Å². The first-order valence-electron chi connectivity index (χ1n) is 5.18. The van der Waals surface area contributed by atoms with Crippen LogP contribution in [0, 0.1) is 16.0 Å². The fourth-order valence-corrected chi connectivity index (χ4v) is 1.31. The summed E-state index contributed by atoms with van der Waals surface area (Å²) < 4.78 is 0. The van der Waals surface area contributed by atoms with Gasteiger partial charge in [0.1, 0.15) is 0 Å². The molecule has 0 spiro atoms. The molecule has 88 valence electrons. The summed E-state index contributed by atoms with van der Waals surface area (Å²) in [6.07, 6.45) is 0. The van der Waals surface area contributed by atoms with E-state index in [1.165, 1.54) is 6.07 Å². The summed E-state index contributed by atoms with van der Waals surface area (Å²) in [6.45, 7) is 3.34. The van der Waals surface area contributed by atoms with Crippen molar-refractivity contribution in [1.29, 1.82) is 0 Å². The molecule has 0 fully saturated rings. The van der Waals surface area contributed by atoms with Gasteiger partial charge in [0.2, 0.25) is 0 Å². The highest BCUT2D eigenvalue weighted by molar-refractivity contribution is 5.34. The molecule has 16 heavy (non-hydrogen) atoms. The van der Waals surface area contributed by atoms with Crippen molar-refractivity contribution in [3.63, 3.8) is 0 Å². The molecule has 0 aliphatic heterocycles. The molecule has 1 aromatic rings. The number of aliphatic hydroxyl groups excluding tert-OH is 1. The van der Waals surface area contributed by atoms with Gasteiger partial charge in [0.05, 0.1) is 4.92 Å². The molecule has 0 saturated carbocycles. The Bertz CT molecular complexity index is 355. The number of rotatable bonds is 6. The lowest BCUT2D eigenvalue weighted by Gasteiger charge is -2.09. The molecule has 0 bridgehead atoms. The van der Waals surface area contributed by atoms with Crippen molar-refractivity contribution in [3.8, 4) is 0 Å². The fraction of sp³-hybridized carbons (Fsp3) is 0.455. The maximum Gasteiger partial charge on any atom is 0.269 e. The van der Waals surface area contributed by atoms with Gasteiger partial charge in [0, 0.05) is 31.8 Å². The zero-order valence-electron chi connectivity index (χ0n) is 9.22. The molecule has 0 aliphatic rings. The summed E-state index contributed by atoms with van der Waals surface area (Å²) in [5.74, 6) is 0.193. The molecule has 5 nitrogen and oxygen atoms in total. The van der Waals surface area contributed by atoms with E-state index in [1.54, 1.807) is 12.1 Å². The van der Waals surface area contributed by atoms with Crippen molar-refractivity contribution in [2.24, 2.45) is 5.92 Å². The van der Waals surface area contributed by atoms with E-state index in [0.717, 1.165) is 5.56 Å². The normalized spacial score (nSPS) is 12.4. The number of benzene rings is 1. The van der Waals surface area contributed by atoms with Gasteiger partial charge in [-0.2, -0.15) is 0 Å². The molecular formula is C11H16N2O3. The fourth-order valence-electron chi connectivity index (χ4n) is 1.31. The third-order valence-corrected chi connectivity index (χ3v) is 2.25. The molecule has 0 amide bonds. The van der Waals surface area contributed by atoms with Crippen molar-refractivity contribution in [1.82, 2.24) is 5.32 Å². The second-order valence-corrected chi connectivity index (χ2v) is 3.85. The van der Waals surface area contributed by atoms with Crippen molar-refractivity contribution < 1.29 is 10.0 Å². The average Bonchev–Trinajstić information content (AvgIpc) is 2.29. The predicted molar refractivity (Wildman–Crippen MR) is 61.1 cm³/mol. The molecule has 0 aromatic heterocycles. The van der Waals surface area contributed by atoms with Gasteiger partial charge in [0.25, 0.3) is 5.69 Å². The molecule has 5 heteroatoms. The van der Waals surface area contributed by atoms with E-state index in [0.29, 0.717) is 13.1 Å². The van der Waals surface area contributed by atoms with E-state index in [-0.39, 0.29) is 18.2 Å². The first kappa shape index (κ1) is 12.6. The Morgan fingerprint density at radius 3 is 2.94 bits per heavy atom. The lowest BCUT2D eigenvalue weighted by Crippen LogP contribution is -2.22. The topological polar surface area (TPSA) is 75.4 Å². The van der Waals surface area contributed by atoms with E-state index >= 15 is 0 Å². The molecular weight excluding hydrogens is 208 g/mol. The van der Waals surface area contributed by atoms with Crippen molar-refractivity contribution in [2.45, 2.75) is 13.5 Å². The van der Waals surface area contributed by atoms with E-state index < -0.39 is 4.92 Å². The van der Waals surface area contributed by atoms with E-state index in [1.807, 2.05) is 13.0 Å². The van der Waals surface area contributed by atoms with Crippen LogP contribution < -0.4 is 5.32 Å². The van der Waals surface area contributed by atoms with Gasteiger partial charge in [-0.1, -0.05) is 19.1 Å². The third-order valence-electron chi connectivity index (χ3n) is 2.25. The Morgan fingerprint density at radius 2 is 2.31 bits per heavy atom. The molecule has 2 N–H and O–H groups in total. The molecule has 0 heterocycles. The van der Waals surface area contributed by atoms with Gasteiger partial charge in [-0.25, -0.2) is 0 Å². The number of nitrogens with zero attached hydrogens (tertiary/aromatic N) is 1. The van der Waals surface area contributed by atoms with Crippen LogP contribution in [0.2, 0.25) is 0 Å². The summed E-state index contributed by atoms with van der Waals surface area (Å²) >= 11 is 0. The van der Waals surface area contributed by atoms with Crippen LogP contribution in [0.15, 0.2) is 24.3 Å². The lowest BCUT2D eigenvalue weighted by atomic mass is 10.1. The molecule has 0 aliphatic carbocycles. The summed E-state index contributed by atoms with van der Waals surface area (Å²) in [5.41, 5.74) is 0.980. The minimum Gasteiger partial charge on any atom is -0.396 e. The van der Waals surface area contributed by atoms with Gasteiger partial charge in [-0.15, -0.1) is 0 Å². The smallest absolute Gasteiger partial charge is 0.269 e. The molecule has 0 radical (unpaired) electrons. The zero-order chi connectivity index (χ0) is 12.0. The molecule has 1 aromatic carbocycles. The quantitative estimate of drug-likeness (QED) is 0.564. The van der Waals surface area contributed by atoms with Gasteiger partial charge < -0.3 is 10.4 Å².